The van der Waals surface area contributed by atoms with Crippen LogP contribution in [0.3, 0.4) is 0 Å². The van der Waals surface area contributed by atoms with Gasteiger partial charge in [0.25, 0.3) is 0 Å². The molecule has 0 fully saturated rings. The summed E-state index contributed by atoms with van der Waals surface area (Å²) >= 11 is 0. The Morgan fingerprint density at radius 3 is 2.56 bits per heavy atom. The van der Waals surface area contributed by atoms with E-state index in [2.05, 4.69) is 6.07 Å². The summed E-state index contributed by atoms with van der Waals surface area (Å²) in [4.78, 5) is 0. The maximum atomic E-state index is 13.2. The molecule has 0 aliphatic rings. The van der Waals surface area contributed by atoms with Crippen molar-refractivity contribution in [1.82, 2.24) is 0 Å². The van der Waals surface area contributed by atoms with Crippen LogP contribution in [0.1, 0.15) is 5.56 Å². The van der Waals surface area contributed by atoms with Crippen LogP contribution in [0.15, 0.2) is 42.5 Å². The Kier molecular flexibility index (Phi) is 8.14. The first-order valence-electron chi connectivity index (χ1n) is 4.78. The number of ether oxygens (including phenoxy) is 1. The fraction of sp³-hybridized carbons (Fsp3) is 0.0769. The van der Waals surface area contributed by atoms with Gasteiger partial charge in [-0.15, -0.1) is 12.1 Å². The first kappa shape index (κ1) is 17.3. The molecule has 0 aliphatic heterocycles. The van der Waals surface area contributed by atoms with Crippen molar-refractivity contribution in [2.24, 2.45) is 0 Å². The van der Waals surface area contributed by atoms with E-state index in [9.17, 15) is 8.78 Å². The van der Waals surface area contributed by atoms with E-state index >= 15 is 0 Å². The molecule has 0 atom stereocenters. The third kappa shape index (κ3) is 4.92. The van der Waals surface area contributed by atoms with Crippen LogP contribution in [0.2, 0.25) is 0 Å². The maximum absolute atomic E-state index is 13.2. The average molecular weight is 323 g/mol. The molecule has 0 saturated carbocycles. The third-order valence-electron chi connectivity index (χ3n) is 2.09. The third-order valence-corrected chi connectivity index (χ3v) is 2.09. The molecule has 0 radical (unpaired) electrons. The molecule has 0 spiro atoms. The van der Waals surface area contributed by atoms with E-state index < -0.39 is 11.6 Å². The molecule has 0 unspecified atom stereocenters. The monoisotopic (exact) mass is 322 g/mol. The molecule has 2 rings (SSSR count). The summed E-state index contributed by atoms with van der Waals surface area (Å²) < 4.78 is 31.2. The van der Waals surface area contributed by atoms with Gasteiger partial charge < -0.3 is 21.7 Å². The Bertz CT molecular complexity index is 480. The van der Waals surface area contributed by atoms with Gasteiger partial charge in [0.1, 0.15) is 11.6 Å². The number of benzene rings is 2. The second-order valence-electron chi connectivity index (χ2n) is 3.26. The van der Waals surface area contributed by atoms with Gasteiger partial charge in [0, 0.05) is 17.4 Å². The zero-order valence-electron chi connectivity index (χ0n) is 9.50. The van der Waals surface area contributed by atoms with E-state index in [0.717, 1.165) is 6.07 Å². The zero-order valence-corrected chi connectivity index (χ0v) is 12.5. The molecule has 0 amide bonds. The normalized spacial score (nSPS) is 9.00. The Morgan fingerprint density at radius 2 is 1.94 bits per heavy atom. The van der Waals surface area contributed by atoms with Gasteiger partial charge in [0.2, 0.25) is 0 Å². The summed E-state index contributed by atoms with van der Waals surface area (Å²) in [6.45, 7) is 0.0734. The fourth-order valence-electron chi connectivity index (χ4n) is 1.27. The van der Waals surface area contributed by atoms with Crippen LogP contribution in [-0.2, 0) is 6.61 Å². The van der Waals surface area contributed by atoms with Crippen molar-refractivity contribution < 1.29 is 30.5 Å². The Hall–Kier alpha value is -0.654. The first-order chi connectivity index (χ1) is 7.75. The van der Waals surface area contributed by atoms with Crippen molar-refractivity contribution in [2.45, 2.75) is 6.61 Å². The van der Waals surface area contributed by atoms with Gasteiger partial charge in [-0.25, -0.2) is 8.78 Å². The van der Waals surface area contributed by atoms with E-state index in [1.54, 1.807) is 24.3 Å². The van der Waals surface area contributed by atoms with E-state index in [0.29, 0.717) is 11.3 Å². The molecular formula is C13H9BrF2MgO. The standard InChI is InChI=1S/C13H9F2O.BrH.Mg/c14-11-7-6-10(13(15)8-11)9-16-12-4-2-1-3-5-12;;/h1-2,4-8H,9H2;1H;/q-1;;+2/p-1. The number of rotatable bonds is 3. The Balaban J connectivity index is 0.00000144. The van der Waals surface area contributed by atoms with Gasteiger partial charge in [0.15, 0.2) is 0 Å². The predicted octanol–water partition coefficient (Wildman–Crippen LogP) is -0.0328. The molecule has 0 heterocycles. The Labute approximate surface area is 131 Å². The largest absolute Gasteiger partial charge is 2.00 e. The molecule has 0 bridgehead atoms. The summed E-state index contributed by atoms with van der Waals surface area (Å²) in [5.41, 5.74) is 0.324. The molecule has 1 nitrogen and oxygen atoms in total. The van der Waals surface area contributed by atoms with Gasteiger partial charge in [0.05, 0.1) is 6.61 Å². The zero-order chi connectivity index (χ0) is 11.4. The van der Waals surface area contributed by atoms with Gasteiger partial charge in [-0.1, -0.05) is 0 Å². The van der Waals surface area contributed by atoms with Crippen LogP contribution in [0.25, 0.3) is 0 Å². The van der Waals surface area contributed by atoms with Crippen LogP contribution in [0.4, 0.5) is 8.78 Å². The topological polar surface area (TPSA) is 9.23 Å². The molecule has 0 N–H and O–H groups in total. The molecule has 0 aromatic heterocycles. The van der Waals surface area contributed by atoms with Crippen LogP contribution < -0.4 is 21.7 Å². The van der Waals surface area contributed by atoms with E-state index in [4.69, 9.17) is 4.74 Å². The first-order valence-corrected chi connectivity index (χ1v) is 4.78. The fourth-order valence-corrected chi connectivity index (χ4v) is 1.27. The SMILES string of the molecule is Fc1ccc(COc2c[c-]ccc2)c(F)c1.[Br-].[Mg+2]. The summed E-state index contributed by atoms with van der Waals surface area (Å²) in [6, 6.07) is 13.2. The summed E-state index contributed by atoms with van der Waals surface area (Å²) in [6.07, 6.45) is 0. The molecule has 0 saturated heterocycles. The minimum absolute atomic E-state index is 0. The summed E-state index contributed by atoms with van der Waals surface area (Å²) in [5, 5.41) is 0. The molecule has 5 heteroatoms. The van der Waals surface area contributed by atoms with Crippen molar-refractivity contribution in [3.63, 3.8) is 0 Å². The van der Waals surface area contributed by atoms with Gasteiger partial charge in [-0.3, -0.25) is 0 Å². The number of hydrogen-bond donors (Lipinski definition) is 0. The quantitative estimate of drug-likeness (QED) is 0.569. The van der Waals surface area contributed by atoms with Crippen molar-refractivity contribution in [3.05, 3.63) is 65.7 Å². The van der Waals surface area contributed by atoms with E-state index in [1.165, 1.54) is 12.1 Å². The van der Waals surface area contributed by atoms with Gasteiger partial charge >= 0.3 is 23.1 Å². The Morgan fingerprint density at radius 1 is 1.17 bits per heavy atom. The molecule has 0 aliphatic carbocycles. The van der Waals surface area contributed by atoms with Crippen LogP contribution in [0, 0.1) is 17.7 Å². The second-order valence-corrected chi connectivity index (χ2v) is 3.26. The van der Waals surface area contributed by atoms with Crippen molar-refractivity contribution in [1.29, 1.82) is 0 Å². The average Bonchev–Trinajstić information content (AvgIpc) is 2.29. The smallest absolute Gasteiger partial charge is 1.00 e. The number of hydrogen-bond acceptors (Lipinski definition) is 1. The van der Waals surface area contributed by atoms with E-state index in [1.807, 2.05) is 0 Å². The van der Waals surface area contributed by atoms with E-state index in [-0.39, 0.29) is 46.6 Å². The van der Waals surface area contributed by atoms with Crippen LogP contribution >= 0.6 is 0 Å². The molecule has 2 aromatic rings. The second kappa shape index (κ2) is 8.45. The molecule has 18 heavy (non-hydrogen) atoms. The van der Waals surface area contributed by atoms with Crippen molar-refractivity contribution in [2.75, 3.05) is 0 Å². The molecule has 90 valence electrons. The molecule has 2 aromatic carbocycles. The summed E-state index contributed by atoms with van der Waals surface area (Å²) in [7, 11) is 0. The van der Waals surface area contributed by atoms with Crippen LogP contribution in [0.5, 0.6) is 5.75 Å². The minimum Gasteiger partial charge on any atom is -1.00 e. The number of halogens is 3. The van der Waals surface area contributed by atoms with Crippen molar-refractivity contribution in [3.8, 4) is 5.75 Å². The van der Waals surface area contributed by atoms with Crippen molar-refractivity contribution >= 4 is 23.1 Å². The predicted molar refractivity (Wildman–Crippen MR) is 61.7 cm³/mol. The van der Waals surface area contributed by atoms with Gasteiger partial charge in [-0.05, 0) is 12.1 Å². The summed E-state index contributed by atoms with van der Waals surface area (Å²) in [5.74, 6) is -0.583. The van der Waals surface area contributed by atoms with Gasteiger partial charge in [-0.2, -0.15) is 18.2 Å². The molecular weight excluding hydrogens is 314 g/mol. The minimum atomic E-state index is -0.597. The maximum Gasteiger partial charge on any atom is 2.00 e. The van der Waals surface area contributed by atoms with Crippen LogP contribution in [-0.4, -0.2) is 23.1 Å².